The molecule has 0 aromatic rings. The molecule has 3 heteroatoms. The lowest BCUT2D eigenvalue weighted by atomic mass is 10.2. The van der Waals surface area contributed by atoms with Gasteiger partial charge in [0, 0.05) is 23.1 Å². The minimum atomic E-state index is 1.18. The lowest BCUT2D eigenvalue weighted by Crippen LogP contribution is -2.30. The van der Waals surface area contributed by atoms with Crippen LogP contribution in [-0.2, 0) is 0 Å². The minimum absolute atomic E-state index is 1.18. The first-order valence-electron chi connectivity index (χ1n) is 5.32. The van der Waals surface area contributed by atoms with Crippen LogP contribution in [0, 0.1) is 0 Å². The summed E-state index contributed by atoms with van der Waals surface area (Å²) >= 11 is 0. The molecule has 13 heavy (non-hydrogen) atoms. The quantitative estimate of drug-likeness (QED) is 0.577. The van der Waals surface area contributed by atoms with E-state index in [1.165, 1.54) is 61.6 Å². The molecule has 0 amide bonds. The molecule has 0 unspecified atom stereocenters. The molecule has 0 aromatic heterocycles. The van der Waals surface area contributed by atoms with E-state index in [-0.39, 0.29) is 0 Å². The molecule has 0 aliphatic carbocycles. The average molecular weight is 198 g/mol. The molecule has 2 rings (SSSR count). The maximum absolute atomic E-state index is 3.49. The van der Waals surface area contributed by atoms with Crippen molar-refractivity contribution in [1.29, 1.82) is 0 Å². The number of piperidine rings is 2. The Hall–Kier alpha value is -0.120. The molecule has 2 fully saturated rings. The maximum atomic E-state index is 3.49. The topological polar surface area (TPSA) is 24.1 Å². The van der Waals surface area contributed by atoms with Gasteiger partial charge < -0.3 is 0 Å². The molecular formula is C10H18N2S. The summed E-state index contributed by atoms with van der Waals surface area (Å²) in [6.45, 7) is 2.35. The Morgan fingerprint density at radius 1 is 0.769 bits per heavy atom. The highest BCUT2D eigenvalue weighted by molar-refractivity contribution is 7.98. The second-order valence-electron chi connectivity index (χ2n) is 3.72. The summed E-state index contributed by atoms with van der Waals surface area (Å²) in [7, 11) is 1.95. The Balaban J connectivity index is 2.04. The molecule has 0 atom stereocenters. The first-order chi connectivity index (χ1) is 6.45. The number of rotatable bonds is 0. The predicted octanol–water partition coefficient (Wildman–Crippen LogP) is 1.53. The van der Waals surface area contributed by atoms with Crippen LogP contribution in [0.5, 0.6) is 0 Å². The normalized spacial score (nSPS) is 24.6. The number of nitrogens with one attached hydrogen (secondary N) is 2. The van der Waals surface area contributed by atoms with Crippen molar-refractivity contribution in [2.75, 3.05) is 13.1 Å². The van der Waals surface area contributed by atoms with Gasteiger partial charge in [0.1, 0.15) is 0 Å². The van der Waals surface area contributed by atoms with Crippen LogP contribution >= 0.6 is 10.9 Å². The highest BCUT2D eigenvalue weighted by atomic mass is 32.1. The zero-order valence-corrected chi connectivity index (χ0v) is 8.88. The Labute approximate surface area is 83.6 Å². The van der Waals surface area contributed by atoms with Crippen LogP contribution < -0.4 is 10.6 Å². The van der Waals surface area contributed by atoms with Gasteiger partial charge in [0.15, 0.2) is 0 Å². The van der Waals surface area contributed by atoms with Crippen molar-refractivity contribution in [2.45, 2.75) is 38.5 Å². The van der Waals surface area contributed by atoms with Crippen LogP contribution in [0.1, 0.15) is 38.5 Å². The zero-order chi connectivity index (χ0) is 8.93. The van der Waals surface area contributed by atoms with E-state index in [1.54, 1.807) is 0 Å². The van der Waals surface area contributed by atoms with Gasteiger partial charge in [-0.2, -0.15) is 0 Å². The van der Waals surface area contributed by atoms with E-state index in [1.807, 2.05) is 10.9 Å². The Kier molecular flexibility index (Phi) is 3.58. The summed E-state index contributed by atoms with van der Waals surface area (Å²) in [6.07, 6.45) is 7.93. The van der Waals surface area contributed by atoms with E-state index in [0.29, 0.717) is 0 Å². The van der Waals surface area contributed by atoms with Gasteiger partial charge in [-0.3, -0.25) is 10.6 Å². The summed E-state index contributed by atoms with van der Waals surface area (Å²) in [5.74, 6) is 0. The smallest absolute Gasteiger partial charge is 0.0463 e. The fraction of sp³-hybridized carbons (Fsp3) is 0.800. The molecule has 2 N–H and O–H groups in total. The third kappa shape index (κ3) is 2.93. The average Bonchev–Trinajstić information content (AvgIpc) is 2.21. The number of hydrogen-bond acceptors (Lipinski definition) is 0. The van der Waals surface area contributed by atoms with Crippen molar-refractivity contribution in [2.24, 2.45) is 0 Å². The maximum Gasteiger partial charge on any atom is 0.0463 e. The van der Waals surface area contributed by atoms with Gasteiger partial charge in [-0.15, -0.1) is 10.9 Å². The van der Waals surface area contributed by atoms with E-state index < -0.39 is 0 Å². The first-order valence-corrected chi connectivity index (χ1v) is 6.14. The Bertz CT molecular complexity index is 203. The minimum Gasteiger partial charge on any atom is -0.284 e. The van der Waals surface area contributed by atoms with Crippen LogP contribution in [-0.4, -0.2) is 23.1 Å². The predicted molar refractivity (Wildman–Crippen MR) is 61.3 cm³/mol. The van der Waals surface area contributed by atoms with Crippen LogP contribution in [0.15, 0.2) is 0 Å². The van der Waals surface area contributed by atoms with Crippen molar-refractivity contribution in [3.8, 4) is 0 Å². The third-order valence-corrected chi connectivity index (χ3v) is 3.74. The van der Waals surface area contributed by atoms with Gasteiger partial charge in [0.05, 0.1) is 0 Å². The SMILES string of the molecule is C1CCC(=S=C2CCCCN2)NC1. The molecule has 74 valence electrons. The van der Waals surface area contributed by atoms with Gasteiger partial charge in [-0.05, 0) is 38.5 Å². The van der Waals surface area contributed by atoms with Crippen molar-refractivity contribution < 1.29 is 0 Å². The lowest BCUT2D eigenvalue weighted by molar-refractivity contribution is 0.677. The summed E-state index contributed by atoms with van der Waals surface area (Å²) < 4.78 is 0. The molecule has 2 aliphatic heterocycles. The molecule has 0 spiro atoms. The highest BCUT2D eigenvalue weighted by Crippen LogP contribution is 2.07. The molecule has 0 radical (unpaired) electrons. The first kappa shape index (κ1) is 9.44. The molecule has 2 heterocycles. The molecule has 0 bridgehead atoms. The van der Waals surface area contributed by atoms with Gasteiger partial charge in [0.25, 0.3) is 0 Å². The van der Waals surface area contributed by atoms with E-state index in [4.69, 9.17) is 0 Å². The molecule has 2 nitrogen and oxygen atoms in total. The summed E-state index contributed by atoms with van der Waals surface area (Å²) in [5.41, 5.74) is 0. The second kappa shape index (κ2) is 4.94. The van der Waals surface area contributed by atoms with Crippen LogP contribution in [0.3, 0.4) is 0 Å². The summed E-state index contributed by atoms with van der Waals surface area (Å²) in [5, 5.41) is 6.97. The summed E-state index contributed by atoms with van der Waals surface area (Å²) in [4.78, 5) is 2.96. The van der Waals surface area contributed by atoms with Crippen molar-refractivity contribution in [3.05, 3.63) is 0 Å². The standard InChI is InChI=1S/C10H18N2S/c1-3-7-11-9(5-1)13-10-6-2-4-8-12-10/h11-12H,1-8H2. The third-order valence-electron chi connectivity index (χ3n) is 2.55. The lowest BCUT2D eigenvalue weighted by Gasteiger charge is -2.16. The molecular weight excluding hydrogens is 180 g/mol. The van der Waals surface area contributed by atoms with Crippen LogP contribution in [0.2, 0.25) is 0 Å². The number of hydrogen-bond donors (Lipinski definition) is 2. The van der Waals surface area contributed by atoms with E-state index in [2.05, 4.69) is 10.6 Å². The monoisotopic (exact) mass is 198 g/mol. The van der Waals surface area contributed by atoms with Crippen molar-refractivity contribution in [3.63, 3.8) is 0 Å². The Morgan fingerprint density at radius 2 is 1.31 bits per heavy atom. The van der Waals surface area contributed by atoms with E-state index in [9.17, 15) is 0 Å². The van der Waals surface area contributed by atoms with Gasteiger partial charge in [0.2, 0.25) is 0 Å². The van der Waals surface area contributed by atoms with Crippen LogP contribution in [0.25, 0.3) is 0 Å². The molecule has 0 aromatic carbocycles. The van der Waals surface area contributed by atoms with Gasteiger partial charge in [-0.1, -0.05) is 0 Å². The summed E-state index contributed by atoms with van der Waals surface area (Å²) in [6, 6.07) is 0. The Morgan fingerprint density at radius 3 is 1.69 bits per heavy atom. The van der Waals surface area contributed by atoms with Gasteiger partial charge >= 0.3 is 0 Å². The highest BCUT2D eigenvalue weighted by Gasteiger charge is 2.06. The van der Waals surface area contributed by atoms with Crippen LogP contribution in [0.4, 0.5) is 0 Å². The second-order valence-corrected chi connectivity index (χ2v) is 4.91. The molecule has 2 saturated heterocycles. The molecule has 2 aliphatic rings. The molecule has 0 saturated carbocycles. The van der Waals surface area contributed by atoms with Crippen molar-refractivity contribution in [1.82, 2.24) is 10.6 Å². The van der Waals surface area contributed by atoms with Gasteiger partial charge in [-0.25, -0.2) is 0 Å². The fourth-order valence-corrected chi connectivity index (χ4v) is 2.92. The fourth-order valence-electron chi connectivity index (χ4n) is 1.78. The van der Waals surface area contributed by atoms with E-state index >= 15 is 0 Å². The van der Waals surface area contributed by atoms with E-state index in [0.717, 1.165) is 0 Å². The van der Waals surface area contributed by atoms with Crippen molar-refractivity contribution >= 4 is 20.9 Å². The largest absolute Gasteiger partial charge is 0.284 e. The zero-order valence-electron chi connectivity index (χ0n) is 8.07.